The Balaban J connectivity index is 1.05. The van der Waals surface area contributed by atoms with Gasteiger partial charge in [-0.2, -0.15) is 13.1 Å². The smallest absolute Gasteiger partial charge is 0.323 e. The molecule has 2 atom stereocenters. The molecule has 1 aromatic heterocycles. The second-order valence-electron chi connectivity index (χ2n) is 19.9. The molecule has 5 rings (SSSR count). The molecule has 2 aromatic carbocycles. The lowest BCUT2D eigenvalue weighted by molar-refractivity contribution is -0.140. The summed E-state index contributed by atoms with van der Waals surface area (Å²) in [5, 5.41) is 53.3. The van der Waals surface area contributed by atoms with Gasteiger partial charge in [0, 0.05) is 116 Å². The molecule has 0 unspecified atom stereocenters. The van der Waals surface area contributed by atoms with Crippen LogP contribution in [-0.4, -0.2) is 255 Å². The zero-order chi connectivity index (χ0) is 61.6. The van der Waals surface area contributed by atoms with Crippen molar-refractivity contribution in [2.24, 2.45) is 0 Å². The van der Waals surface area contributed by atoms with E-state index >= 15 is 0 Å². The van der Waals surface area contributed by atoms with Gasteiger partial charge in [0.15, 0.2) is 5.95 Å². The van der Waals surface area contributed by atoms with Crippen molar-refractivity contribution >= 4 is 79.3 Å². The van der Waals surface area contributed by atoms with Gasteiger partial charge in [-0.3, -0.25) is 62.5 Å². The zero-order valence-electron chi connectivity index (χ0n) is 46.5. The van der Waals surface area contributed by atoms with Crippen molar-refractivity contribution < 1.29 is 84.9 Å². The summed E-state index contributed by atoms with van der Waals surface area (Å²) in [6.07, 6.45) is 4.26. The van der Waals surface area contributed by atoms with Gasteiger partial charge in [0.2, 0.25) is 27.7 Å². The number of imidazole rings is 1. The third-order valence-corrected chi connectivity index (χ3v) is 15.7. The van der Waals surface area contributed by atoms with Crippen LogP contribution in [0.25, 0.3) is 0 Å². The molecule has 464 valence electrons. The minimum Gasteiger partial charge on any atom is -0.494 e. The normalized spacial score (nSPS) is 15.8. The first-order chi connectivity index (χ1) is 39.7. The van der Waals surface area contributed by atoms with Crippen LogP contribution in [0.15, 0.2) is 47.6 Å². The van der Waals surface area contributed by atoms with Crippen LogP contribution in [0.3, 0.4) is 0 Å². The fourth-order valence-electron chi connectivity index (χ4n) is 9.19. The first-order valence-corrected chi connectivity index (χ1v) is 29.8. The van der Waals surface area contributed by atoms with E-state index < -0.39 is 112 Å². The molecule has 1 saturated heterocycles. The molecule has 0 radical (unpaired) electrons. The molecule has 2 aliphatic heterocycles. The number of aromatic nitrogens is 2. The highest BCUT2D eigenvalue weighted by Gasteiger charge is 2.31. The monoisotopic (exact) mass is 1220 g/mol. The number of nitrogens with one attached hydrogen (secondary N) is 8. The molecular weight excluding hydrogens is 1150 g/mol. The number of amides is 4. The molecule has 0 aliphatic carbocycles. The van der Waals surface area contributed by atoms with Crippen LogP contribution in [0, 0.1) is 13.8 Å². The molecule has 34 heteroatoms. The van der Waals surface area contributed by atoms with Crippen molar-refractivity contribution in [3.63, 3.8) is 0 Å². The maximum Gasteiger partial charge on any atom is 0.323 e. The van der Waals surface area contributed by atoms with E-state index in [2.05, 4.69) is 46.7 Å². The molecule has 13 N–H and O–H groups in total. The van der Waals surface area contributed by atoms with Crippen molar-refractivity contribution in [2.75, 3.05) is 134 Å². The van der Waals surface area contributed by atoms with E-state index in [1.54, 1.807) is 40.4 Å². The molecule has 4 amide bonds. The van der Waals surface area contributed by atoms with Gasteiger partial charge in [0.1, 0.15) is 23.6 Å². The standard InChI is InChI=1S/C50H74N14O18S2/c1-33-23-37(24-34(2)46(33)84(80,81)59-38(49(75)76)27-56-47(73)35-6-7-40-36(25-35)26-57-64(40)13-4-8-53-50-54-11-12-55-50)82-22-3-5-41(65)51-9-10-52-48(74)39(32-83(77,78)79)58-42(66)28-60-14-16-61(29-43(67)68)18-20-63(31-45(71)72)21-19-62(17-15-60)30-44(69)70/h6-7,11-12,23-25,38-39,57,59H,3-5,8-10,13-22,26-32H2,1-2H3,(H,51,65)(H,52,74)(H,56,73)(H,58,66)(H,67,68)(H,69,70)(H,71,72)(H,75,76)(H2,53,54,55)(H,77,78,79)/t38-,39-/m0/s1. The quantitative estimate of drug-likeness (QED) is 0.0216. The third-order valence-electron chi connectivity index (χ3n) is 13.2. The molecule has 0 bridgehead atoms. The molecule has 0 spiro atoms. The highest BCUT2D eigenvalue weighted by atomic mass is 32.2. The SMILES string of the molecule is Cc1cc(OCCCC(=O)NCCNC(=O)[C@H](CS(=O)(=O)O)NC(=O)CN2CCN(CC(=O)O)CCN(CC(=O)O)CCN(CC(=O)O)CC2)cc(C)c1S(=O)(=O)N[C@@H](CNC(=O)c1ccc2c(c1)CNN2CCCNc1ncc[nH]1)C(=O)O. The van der Waals surface area contributed by atoms with E-state index in [1.165, 1.54) is 35.8 Å². The number of aryl methyl sites for hydroxylation is 2. The van der Waals surface area contributed by atoms with Crippen LogP contribution in [0.5, 0.6) is 5.75 Å². The number of H-pyrrole nitrogens is 1. The van der Waals surface area contributed by atoms with Gasteiger partial charge in [0.25, 0.3) is 16.0 Å². The summed E-state index contributed by atoms with van der Waals surface area (Å²) in [5.74, 6) is -8.21. The number of carbonyl (C=O) groups is 8. The van der Waals surface area contributed by atoms with Gasteiger partial charge in [-0.05, 0) is 73.7 Å². The van der Waals surface area contributed by atoms with E-state index in [9.17, 15) is 80.2 Å². The Hall–Kier alpha value is -7.57. The highest BCUT2D eigenvalue weighted by Crippen LogP contribution is 2.28. The number of ether oxygens (including phenoxy) is 1. The predicted octanol–water partition coefficient (Wildman–Crippen LogP) is -3.25. The number of hydrazine groups is 1. The van der Waals surface area contributed by atoms with Crippen molar-refractivity contribution in [2.45, 2.75) is 56.6 Å². The largest absolute Gasteiger partial charge is 0.494 e. The number of aliphatic carboxylic acids is 4. The van der Waals surface area contributed by atoms with Crippen LogP contribution in [0.1, 0.15) is 46.3 Å². The Kier molecular flexibility index (Phi) is 26.0. The Morgan fingerprint density at radius 2 is 1.27 bits per heavy atom. The van der Waals surface area contributed by atoms with Gasteiger partial charge in [0.05, 0.1) is 43.4 Å². The van der Waals surface area contributed by atoms with Crippen LogP contribution in [0.2, 0.25) is 0 Å². The number of aromatic amines is 1. The molecule has 1 fully saturated rings. The fourth-order valence-corrected chi connectivity index (χ4v) is 11.5. The van der Waals surface area contributed by atoms with E-state index in [0.717, 1.165) is 17.7 Å². The Morgan fingerprint density at radius 3 is 1.81 bits per heavy atom. The van der Waals surface area contributed by atoms with Crippen LogP contribution >= 0.6 is 0 Å². The number of hydrogen-bond acceptors (Lipinski definition) is 21. The number of rotatable bonds is 32. The fraction of sp³-hybridized carbons (Fsp3) is 0.540. The summed E-state index contributed by atoms with van der Waals surface area (Å²) in [4.78, 5) is 112. The summed E-state index contributed by atoms with van der Waals surface area (Å²) >= 11 is 0. The average molecular weight is 1220 g/mol. The van der Waals surface area contributed by atoms with Gasteiger partial charge >= 0.3 is 23.9 Å². The van der Waals surface area contributed by atoms with Crippen molar-refractivity contribution in [3.05, 3.63) is 65.0 Å². The Bertz CT molecular complexity index is 2950. The van der Waals surface area contributed by atoms with Gasteiger partial charge in [-0.25, -0.2) is 18.8 Å². The highest BCUT2D eigenvalue weighted by molar-refractivity contribution is 7.89. The maximum atomic E-state index is 13.6. The molecule has 3 heterocycles. The molecule has 32 nitrogen and oxygen atoms in total. The number of benzene rings is 2. The number of anilines is 2. The number of carbonyl (C=O) groups excluding carboxylic acids is 4. The minimum absolute atomic E-state index is 0.000963. The number of sulfonamides is 1. The maximum absolute atomic E-state index is 13.6. The number of carboxylic acids is 4. The Morgan fingerprint density at radius 1 is 0.702 bits per heavy atom. The molecular formula is C50H74N14O18S2. The minimum atomic E-state index is -4.84. The van der Waals surface area contributed by atoms with Gasteiger partial charge < -0.3 is 61.7 Å². The summed E-state index contributed by atoms with van der Waals surface area (Å²) in [6.45, 7) is 2.94. The van der Waals surface area contributed by atoms with Crippen molar-refractivity contribution in [1.29, 1.82) is 0 Å². The third kappa shape index (κ3) is 23.2. The number of carboxylic acid groups (broad SMARTS) is 4. The van der Waals surface area contributed by atoms with E-state index in [1.807, 2.05) is 5.01 Å². The number of hydrogen-bond donors (Lipinski definition) is 13. The van der Waals surface area contributed by atoms with E-state index in [0.29, 0.717) is 25.6 Å². The van der Waals surface area contributed by atoms with Crippen LogP contribution < -0.4 is 46.5 Å². The summed E-state index contributed by atoms with van der Waals surface area (Å²) < 4.78 is 68.7. The van der Waals surface area contributed by atoms with E-state index in [4.69, 9.17) is 4.74 Å². The molecule has 0 saturated carbocycles. The number of nitrogens with zero attached hydrogens (tertiary/aromatic N) is 6. The van der Waals surface area contributed by atoms with Crippen LogP contribution in [0.4, 0.5) is 11.6 Å². The second kappa shape index (κ2) is 32.5. The number of fused-ring (bicyclic) bond motifs is 1. The molecule has 2 aliphatic rings. The van der Waals surface area contributed by atoms with Crippen molar-refractivity contribution in [1.82, 2.24) is 61.0 Å². The second-order valence-corrected chi connectivity index (χ2v) is 23.1. The summed E-state index contributed by atoms with van der Waals surface area (Å²) in [5.41, 5.74) is 5.70. The lowest BCUT2D eigenvalue weighted by Gasteiger charge is -2.33. The zero-order valence-corrected chi connectivity index (χ0v) is 48.1. The first-order valence-electron chi connectivity index (χ1n) is 26.7. The topological polar surface area (TPSA) is 444 Å². The first kappa shape index (κ1) is 67.2. The van der Waals surface area contributed by atoms with Crippen molar-refractivity contribution in [3.8, 4) is 5.75 Å². The predicted molar refractivity (Wildman–Crippen MR) is 300 cm³/mol. The summed E-state index contributed by atoms with van der Waals surface area (Å²) in [7, 11) is -9.31. The van der Waals surface area contributed by atoms with Crippen LogP contribution in [-0.2, 0) is 60.2 Å². The molecule has 84 heavy (non-hydrogen) atoms. The molecule has 3 aromatic rings. The van der Waals surface area contributed by atoms with Gasteiger partial charge in [-0.15, -0.1) is 0 Å². The lowest BCUT2D eigenvalue weighted by Crippen LogP contribution is -2.54. The van der Waals surface area contributed by atoms with E-state index in [-0.39, 0.29) is 119 Å². The Labute approximate surface area is 484 Å². The average Bonchev–Trinajstić information content (AvgIpc) is 3.60. The lowest BCUT2D eigenvalue weighted by atomic mass is 10.1. The van der Waals surface area contributed by atoms with Gasteiger partial charge in [-0.1, -0.05) is 0 Å². The summed E-state index contributed by atoms with van der Waals surface area (Å²) in [6, 6.07) is 4.37.